The molecule has 2 aliphatic rings. The normalized spacial score (nSPS) is 17.9. The van der Waals surface area contributed by atoms with Crippen molar-refractivity contribution in [1.29, 1.82) is 0 Å². The van der Waals surface area contributed by atoms with Gasteiger partial charge in [-0.15, -0.1) is 0 Å². The molecule has 1 aliphatic heterocycles. The smallest absolute Gasteiger partial charge is 0.263 e. The largest absolute Gasteiger partial charge is 0.354 e. The van der Waals surface area contributed by atoms with Gasteiger partial charge in [0.2, 0.25) is 5.91 Å². The van der Waals surface area contributed by atoms with E-state index < -0.39 is 6.43 Å². The number of aromatic nitrogens is 1. The van der Waals surface area contributed by atoms with E-state index in [0.29, 0.717) is 53.3 Å². The maximum Gasteiger partial charge on any atom is 0.263 e. The predicted octanol–water partition coefficient (Wildman–Crippen LogP) is 5.47. The zero-order chi connectivity index (χ0) is 26.6. The van der Waals surface area contributed by atoms with Crippen molar-refractivity contribution in [2.24, 2.45) is 5.92 Å². The quantitative estimate of drug-likeness (QED) is 0.433. The number of carbonyl (C=O) groups is 2. The lowest BCUT2D eigenvalue weighted by molar-refractivity contribution is -0.124. The fourth-order valence-corrected chi connectivity index (χ4v) is 5.79. The Kier molecular flexibility index (Phi) is 7.98. The Bertz CT molecular complexity index is 1310. The molecule has 0 bridgehead atoms. The van der Waals surface area contributed by atoms with Crippen LogP contribution in [0.2, 0.25) is 0 Å². The SMILES string of the molecule is C[C@H](NC(=O)c1c(CN2CCNC(=O)C2)c(-c2ccccc2)nc2cc(C(F)F)ccc12)C1CCCCC1. The minimum absolute atomic E-state index is 0.0138. The van der Waals surface area contributed by atoms with Crippen LogP contribution in [0.1, 0.15) is 66.9 Å². The molecular formula is C30H34F2N4O2. The van der Waals surface area contributed by atoms with E-state index in [9.17, 15) is 18.4 Å². The molecule has 1 aliphatic carbocycles. The summed E-state index contributed by atoms with van der Waals surface area (Å²) in [6.07, 6.45) is 3.09. The molecule has 1 saturated carbocycles. The van der Waals surface area contributed by atoms with E-state index in [0.717, 1.165) is 18.4 Å². The summed E-state index contributed by atoms with van der Waals surface area (Å²) in [5, 5.41) is 6.63. The molecule has 6 nitrogen and oxygen atoms in total. The highest BCUT2D eigenvalue weighted by atomic mass is 19.3. The highest BCUT2D eigenvalue weighted by molar-refractivity contribution is 6.09. The first-order valence-electron chi connectivity index (χ1n) is 13.5. The molecular weight excluding hydrogens is 486 g/mol. The van der Waals surface area contributed by atoms with Crippen molar-refractivity contribution in [3.05, 3.63) is 65.2 Å². The number of nitrogens with one attached hydrogen (secondary N) is 2. The molecule has 2 fully saturated rings. The van der Waals surface area contributed by atoms with Crippen LogP contribution >= 0.6 is 0 Å². The molecule has 0 spiro atoms. The highest BCUT2D eigenvalue weighted by Gasteiger charge is 2.28. The molecule has 5 rings (SSSR count). The van der Waals surface area contributed by atoms with Gasteiger partial charge in [-0.25, -0.2) is 13.8 Å². The number of fused-ring (bicyclic) bond motifs is 1. The Labute approximate surface area is 221 Å². The number of hydrogen-bond acceptors (Lipinski definition) is 4. The Morgan fingerprint density at radius 3 is 2.61 bits per heavy atom. The Balaban J connectivity index is 1.65. The topological polar surface area (TPSA) is 74.3 Å². The molecule has 0 radical (unpaired) electrons. The van der Waals surface area contributed by atoms with E-state index in [-0.39, 0.29) is 30.0 Å². The summed E-state index contributed by atoms with van der Waals surface area (Å²) >= 11 is 0. The van der Waals surface area contributed by atoms with E-state index in [1.165, 1.54) is 31.4 Å². The van der Waals surface area contributed by atoms with E-state index in [1.807, 2.05) is 35.2 Å². The third kappa shape index (κ3) is 5.70. The third-order valence-corrected chi connectivity index (χ3v) is 7.85. The van der Waals surface area contributed by atoms with Gasteiger partial charge in [0, 0.05) is 47.8 Å². The lowest BCUT2D eigenvalue weighted by Gasteiger charge is -2.30. The molecule has 0 unspecified atom stereocenters. The average Bonchev–Trinajstić information content (AvgIpc) is 2.93. The number of benzene rings is 2. The fraction of sp³-hybridized carbons (Fsp3) is 0.433. The van der Waals surface area contributed by atoms with E-state index in [1.54, 1.807) is 6.07 Å². The minimum atomic E-state index is -2.64. The summed E-state index contributed by atoms with van der Waals surface area (Å²) in [7, 11) is 0. The average molecular weight is 521 g/mol. The van der Waals surface area contributed by atoms with Crippen molar-refractivity contribution in [2.45, 2.75) is 58.0 Å². The Morgan fingerprint density at radius 1 is 1.13 bits per heavy atom. The van der Waals surface area contributed by atoms with E-state index in [2.05, 4.69) is 17.6 Å². The highest BCUT2D eigenvalue weighted by Crippen LogP contribution is 2.34. The Morgan fingerprint density at radius 2 is 1.89 bits per heavy atom. The molecule has 38 heavy (non-hydrogen) atoms. The van der Waals surface area contributed by atoms with Crippen molar-refractivity contribution in [3.63, 3.8) is 0 Å². The van der Waals surface area contributed by atoms with E-state index in [4.69, 9.17) is 4.98 Å². The van der Waals surface area contributed by atoms with Gasteiger partial charge >= 0.3 is 0 Å². The summed E-state index contributed by atoms with van der Waals surface area (Å²) in [4.78, 5) is 33.1. The first kappa shape index (κ1) is 26.2. The van der Waals surface area contributed by atoms with Gasteiger partial charge < -0.3 is 10.6 Å². The molecule has 2 amide bonds. The Hall–Kier alpha value is -3.39. The van der Waals surface area contributed by atoms with Crippen molar-refractivity contribution in [3.8, 4) is 11.3 Å². The van der Waals surface area contributed by atoms with Crippen molar-refractivity contribution in [1.82, 2.24) is 20.5 Å². The van der Waals surface area contributed by atoms with Crippen LogP contribution in [0.25, 0.3) is 22.2 Å². The van der Waals surface area contributed by atoms with Crippen LogP contribution in [0.15, 0.2) is 48.5 Å². The number of amides is 2. The third-order valence-electron chi connectivity index (χ3n) is 7.85. The van der Waals surface area contributed by atoms with Gasteiger partial charge in [0.1, 0.15) is 0 Å². The summed E-state index contributed by atoms with van der Waals surface area (Å²) in [6.45, 7) is 3.78. The predicted molar refractivity (Wildman–Crippen MR) is 144 cm³/mol. The number of carbonyl (C=O) groups excluding carboxylic acids is 2. The second-order valence-corrected chi connectivity index (χ2v) is 10.5. The molecule has 3 aromatic rings. The van der Waals surface area contributed by atoms with Gasteiger partial charge in [-0.2, -0.15) is 0 Å². The van der Waals surface area contributed by atoms with Crippen LogP contribution in [0.4, 0.5) is 8.78 Å². The number of pyridine rings is 1. The number of hydrogen-bond donors (Lipinski definition) is 2. The maximum absolute atomic E-state index is 14.1. The summed E-state index contributed by atoms with van der Waals surface area (Å²) in [6, 6.07) is 13.8. The molecule has 1 saturated heterocycles. The second-order valence-electron chi connectivity index (χ2n) is 10.5. The van der Waals surface area contributed by atoms with Gasteiger partial charge in [-0.05, 0) is 31.7 Å². The minimum Gasteiger partial charge on any atom is -0.354 e. The first-order chi connectivity index (χ1) is 18.4. The number of piperazine rings is 1. The van der Waals surface area contributed by atoms with Gasteiger partial charge in [0.15, 0.2) is 0 Å². The summed E-state index contributed by atoms with van der Waals surface area (Å²) in [5.74, 6) is 0.118. The van der Waals surface area contributed by atoms with Crippen LogP contribution in [0.3, 0.4) is 0 Å². The van der Waals surface area contributed by atoms with Crippen molar-refractivity contribution in [2.75, 3.05) is 19.6 Å². The van der Waals surface area contributed by atoms with E-state index >= 15 is 0 Å². The van der Waals surface area contributed by atoms with Crippen LogP contribution < -0.4 is 10.6 Å². The number of nitrogens with zero attached hydrogens (tertiary/aromatic N) is 2. The van der Waals surface area contributed by atoms with Gasteiger partial charge in [-0.3, -0.25) is 14.5 Å². The van der Waals surface area contributed by atoms with Crippen LogP contribution in [-0.2, 0) is 11.3 Å². The zero-order valence-electron chi connectivity index (χ0n) is 21.7. The molecule has 8 heteroatoms. The number of alkyl halides is 2. The zero-order valence-corrected chi connectivity index (χ0v) is 21.7. The summed E-state index contributed by atoms with van der Waals surface area (Å²) < 4.78 is 27.3. The van der Waals surface area contributed by atoms with Gasteiger partial charge in [-0.1, -0.05) is 61.7 Å². The van der Waals surface area contributed by atoms with Crippen LogP contribution in [0, 0.1) is 5.92 Å². The number of halogens is 2. The molecule has 2 heterocycles. The lowest BCUT2D eigenvalue weighted by atomic mass is 9.84. The van der Waals surface area contributed by atoms with Gasteiger partial charge in [0.25, 0.3) is 12.3 Å². The van der Waals surface area contributed by atoms with Crippen LogP contribution in [0.5, 0.6) is 0 Å². The monoisotopic (exact) mass is 520 g/mol. The first-order valence-corrected chi connectivity index (χ1v) is 13.5. The lowest BCUT2D eigenvalue weighted by Crippen LogP contribution is -2.47. The standard InChI is InChI=1S/C30H34F2N4O2/c1-19(20-8-4-2-5-9-20)34-30(38)27-23-13-12-22(29(31)32)16-25(23)35-28(21-10-6-3-7-11-21)24(27)17-36-15-14-33-26(37)18-36/h3,6-7,10-13,16,19-20,29H,2,4-5,8-9,14-15,17-18H2,1H3,(H,33,37)(H,34,38)/t19-/m0/s1. The van der Waals surface area contributed by atoms with Crippen LogP contribution in [-0.4, -0.2) is 47.4 Å². The maximum atomic E-state index is 14.1. The molecule has 2 N–H and O–H groups in total. The molecule has 1 aromatic heterocycles. The second kappa shape index (κ2) is 11.6. The van der Waals surface area contributed by atoms with Gasteiger partial charge in [0.05, 0.1) is 23.3 Å². The summed E-state index contributed by atoms with van der Waals surface area (Å²) in [5.41, 5.74) is 2.75. The van der Waals surface area contributed by atoms with Crippen molar-refractivity contribution < 1.29 is 18.4 Å². The van der Waals surface area contributed by atoms with Crippen molar-refractivity contribution >= 4 is 22.7 Å². The fourth-order valence-electron chi connectivity index (χ4n) is 5.79. The molecule has 1 atom stereocenters. The molecule has 200 valence electrons. The molecule has 2 aromatic carbocycles. The number of rotatable bonds is 7.